The molecule has 3 aromatic carbocycles. The molecule has 2 saturated heterocycles. The number of benzene rings is 3. The van der Waals surface area contributed by atoms with E-state index in [-0.39, 0.29) is 43.3 Å². The van der Waals surface area contributed by atoms with Gasteiger partial charge in [-0.3, -0.25) is 14.6 Å². The Balaban J connectivity index is 1.39. The Kier molecular flexibility index (Phi) is 7.37. The van der Waals surface area contributed by atoms with Gasteiger partial charge in [-0.1, -0.05) is 72.8 Å². The fourth-order valence-corrected chi connectivity index (χ4v) is 5.15. The first-order valence-corrected chi connectivity index (χ1v) is 12.6. The minimum atomic E-state index is -0.733. The zero-order valence-electron chi connectivity index (χ0n) is 21.2. The Morgan fingerprint density at radius 3 is 2.29 bits per heavy atom. The van der Waals surface area contributed by atoms with Crippen molar-refractivity contribution in [1.82, 2.24) is 25.1 Å². The summed E-state index contributed by atoms with van der Waals surface area (Å²) in [6.45, 7) is 0.730. The quantitative estimate of drug-likeness (QED) is 0.525. The average molecular weight is 516 g/mol. The maximum atomic E-state index is 13.9. The van der Waals surface area contributed by atoms with Crippen LogP contribution in [0.3, 0.4) is 0 Å². The van der Waals surface area contributed by atoms with Crippen LogP contribution < -0.4 is 5.32 Å². The fraction of sp³-hybridized carbons (Fsp3) is 0.276. The molecular weight excluding hydrogens is 485 g/mol. The first kappa shape index (κ1) is 25.4. The molecule has 38 heavy (non-hydrogen) atoms. The summed E-state index contributed by atoms with van der Waals surface area (Å²) in [5.41, 5.74) is 2.55. The number of hydrogen-bond acceptors (Lipinski definition) is 4. The summed E-state index contributed by atoms with van der Waals surface area (Å²) in [6, 6.07) is 24.2. The second kappa shape index (κ2) is 11.0. The zero-order chi connectivity index (χ0) is 26.6. The van der Waals surface area contributed by atoms with Crippen LogP contribution in [0.4, 0.5) is 9.18 Å². The third kappa shape index (κ3) is 5.38. The molecule has 2 fully saturated rings. The van der Waals surface area contributed by atoms with E-state index in [0.29, 0.717) is 18.5 Å². The molecule has 0 unspecified atom stereocenters. The highest BCUT2D eigenvalue weighted by molar-refractivity contribution is 5.91. The maximum Gasteiger partial charge on any atom is 0.332 e. The highest BCUT2D eigenvalue weighted by Crippen LogP contribution is 2.29. The number of fused-ring (bicyclic) bond motifs is 1. The summed E-state index contributed by atoms with van der Waals surface area (Å²) >= 11 is 0. The average Bonchev–Trinajstić information content (AvgIpc) is 3.26. The fourth-order valence-electron chi connectivity index (χ4n) is 5.15. The van der Waals surface area contributed by atoms with Crippen molar-refractivity contribution in [2.24, 2.45) is 0 Å². The van der Waals surface area contributed by atoms with Crippen LogP contribution in [-0.4, -0.2) is 70.0 Å². The van der Waals surface area contributed by atoms with Gasteiger partial charge in [-0.15, -0.1) is 0 Å². The van der Waals surface area contributed by atoms with Gasteiger partial charge in [-0.05, 0) is 28.8 Å². The van der Waals surface area contributed by atoms with Gasteiger partial charge in [0.05, 0.1) is 13.1 Å². The van der Waals surface area contributed by atoms with E-state index in [4.69, 9.17) is 0 Å². The largest absolute Gasteiger partial charge is 0.333 e. The van der Waals surface area contributed by atoms with Crippen molar-refractivity contribution in [3.05, 3.63) is 107 Å². The molecule has 4 amide bonds. The van der Waals surface area contributed by atoms with Crippen LogP contribution >= 0.6 is 0 Å². The number of piperazine rings is 1. The zero-order valence-corrected chi connectivity index (χ0v) is 21.2. The van der Waals surface area contributed by atoms with Crippen molar-refractivity contribution < 1.29 is 18.8 Å². The number of nitrogens with one attached hydrogen (secondary N) is 1. The van der Waals surface area contributed by atoms with Gasteiger partial charge in [0.15, 0.2) is 0 Å². The monoisotopic (exact) mass is 515 g/mol. The van der Waals surface area contributed by atoms with Crippen LogP contribution in [0.2, 0.25) is 0 Å². The second-order valence-corrected chi connectivity index (χ2v) is 9.60. The Morgan fingerprint density at radius 1 is 0.947 bits per heavy atom. The summed E-state index contributed by atoms with van der Waals surface area (Å²) in [5, 5.41) is 6.01. The van der Waals surface area contributed by atoms with Crippen molar-refractivity contribution >= 4 is 17.8 Å². The van der Waals surface area contributed by atoms with Crippen LogP contribution in [0.25, 0.3) is 0 Å². The minimum Gasteiger partial charge on any atom is -0.333 e. The van der Waals surface area contributed by atoms with E-state index < -0.39 is 12.2 Å². The molecule has 2 atom stereocenters. The predicted molar refractivity (Wildman–Crippen MR) is 140 cm³/mol. The van der Waals surface area contributed by atoms with Crippen molar-refractivity contribution in [2.45, 2.75) is 31.7 Å². The normalized spacial score (nSPS) is 19.4. The molecular formula is C29H30FN5O3. The molecule has 3 aromatic rings. The summed E-state index contributed by atoms with van der Waals surface area (Å²) < 4.78 is 13.9. The lowest BCUT2D eigenvalue weighted by molar-refractivity contribution is -0.157. The van der Waals surface area contributed by atoms with E-state index in [1.54, 1.807) is 34.0 Å². The number of hydrogen-bond donors (Lipinski definition) is 1. The van der Waals surface area contributed by atoms with E-state index in [2.05, 4.69) is 5.32 Å². The maximum absolute atomic E-state index is 13.9. The van der Waals surface area contributed by atoms with Crippen LogP contribution in [0.15, 0.2) is 84.9 Å². The van der Waals surface area contributed by atoms with Crippen molar-refractivity contribution in [3.63, 3.8) is 0 Å². The van der Waals surface area contributed by atoms with Gasteiger partial charge in [-0.2, -0.15) is 5.01 Å². The lowest BCUT2D eigenvalue weighted by Gasteiger charge is -2.45. The van der Waals surface area contributed by atoms with Gasteiger partial charge < -0.3 is 15.1 Å². The number of nitrogens with zero attached hydrogens (tertiary/aromatic N) is 4. The molecule has 0 aliphatic carbocycles. The molecule has 0 radical (unpaired) electrons. The number of halogens is 1. The molecule has 9 heteroatoms. The van der Waals surface area contributed by atoms with Gasteiger partial charge >= 0.3 is 6.03 Å². The Labute approximate surface area is 221 Å². The van der Waals surface area contributed by atoms with Gasteiger partial charge in [0, 0.05) is 26.6 Å². The second-order valence-electron chi connectivity index (χ2n) is 9.60. The SMILES string of the molecule is CN(C(=O)NCc1ccccc1)N1CC(=O)N2[C@@H](Cc3ccccc3)C(=O)N(Cc3cccc(F)c3)C[C@@H]21. The summed E-state index contributed by atoms with van der Waals surface area (Å²) in [6.07, 6.45) is -0.186. The van der Waals surface area contributed by atoms with Crippen molar-refractivity contribution in [3.8, 4) is 0 Å². The number of carbonyl (C=O) groups excluding carboxylic acids is 3. The molecule has 0 aromatic heterocycles. The van der Waals surface area contributed by atoms with Gasteiger partial charge in [0.1, 0.15) is 18.0 Å². The lowest BCUT2D eigenvalue weighted by Crippen LogP contribution is -2.65. The summed E-state index contributed by atoms with van der Waals surface area (Å²) in [7, 11) is 1.62. The number of hydrazine groups is 1. The first-order valence-electron chi connectivity index (χ1n) is 12.6. The third-order valence-electron chi connectivity index (χ3n) is 7.07. The molecule has 0 bridgehead atoms. The van der Waals surface area contributed by atoms with Gasteiger partial charge in [-0.25, -0.2) is 9.18 Å². The molecule has 0 spiro atoms. The smallest absolute Gasteiger partial charge is 0.332 e. The van der Waals surface area contributed by atoms with E-state index in [9.17, 15) is 18.8 Å². The first-order chi connectivity index (χ1) is 18.4. The number of rotatable bonds is 7. The van der Waals surface area contributed by atoms with E-state index >= 15 is 0 Å². The standard InChI is InChI=1S/C29H30FN5O3/c1-32(29(38)31-17-22-11-6-3-7-12-22)34-20-27(36)35-25(16-21-9-4-2-5-10-21)28(37)33(19-26(34)35)18-23-13-8-14-24(30)15-23/h2-15,25-26H,16-20H2,1H3,(H,31,38)/t25-,26+/m0/s1. The van der Waals surface area contributed by atoms with Crippen LogP contribution in [0.5, 0.6) is 0 Å². The Bertz CT molecular complexity index is 1310. The Hall–Kier alpha value is -4.24. The Morgan fingerprint density at radius 2 is 1.61 bits per heavy atom. The summed E-state index contributed by atoms with van der Waals surface area (Å²) in [5.74, 6) is -0.778. The van der Waals surface area contributed by atoms with Crippen molar-refractivity contribution in [1.29, 1.82) is 0 Å². The van der Waals surface area contributed by atoms with Crippen LogP contribution in [-0.2, 0) is 29.1 Å². The highest BCUT2D eigenvalue weighted by Gasteiger charge is 2.51. The predicted octanol–water partition coefficient (Wildman–Crippen LogP) is 3.01. The molecule has 1 N–H and O–H groups in total. The number of amides is 4. The van der Waals surface area contributed by atoms with Crippen LogP contribution in [0.1, 0.15) is 16.7 Å². The molecule has 0 saturated carbocycles. The molecule has 8 nitrogen and oxygen atoms in total. The topological polar surface area (TPSA) is 76.2 Å². The molecule has 2 heterocycles. The molecule has 5 rings (SSSR count). The molecule has 2 aliphatic heterocycles. The molecule has 2 aliphatic rings. The number of urea groups is 1. The van der Waals surface area contributed by atoms with E-state index in [0.717, 1.165) is 11.1 Å². The van der Waals surface area contributed by atoms with E-state index in [1.165, 1.54) is 17.1 Å². The highest BCUT2D eigenvalue weighted by atomic mass is 19.1. The van der Waals surface area contributed by atoms with Gasteiger partial charge in [0.2, 0.25) is 11.8 Å². The van der Waals surface area contributed by atoms with Crippen LogP contribution in [0, 0.1) is 5.82 Å². The van der Waals surface area contributed by atoms with Gasteiger partial charge in [0.25, 0.3) is 0 Å². The van der Waals surface area contributed by atoms with Crippen molar-refractivity contribution in [2.75, 3.05) is 20.1 Å². The molecule has 196 valence electrons. The summed E-state index contributed by atoms with van der Waals surface area (Å²) in [4.78, 5) is 43.3. The number of carbonyl (C=O) groups is 3. The third-order valence-corrected chi connectivity index (χ3v) is 7.07. The van der Waals surface area contributed by atoms with E-state index in [1.807, 2.05) is 60.7 Å². The minimum absolute atomic E-state index is 0.0215. The lowest BCUT2D eigenvalue weighted by atomic mass is 10.00.